The number of ether oxygens (including phenoxy) is 2. The van der Waals surface area contributed by atoms with Crippen LogP contribution in [0.25, 0.3) is 22.3 Å². The molecule has 0 saturated carbocycles. The fraction of sp³-hybridized carbons (Fsp3) is 0.308. The largest absolute Gasteiger partial charge is 0.462 e. The number of morpholine rings is 1. The molecule has 0 bridgehead atoms. The molecule has 35 heavy (non-hydrogen) atoms. The standard InChI is InChI=1S/C26H29N5O4/c1-3-28-26(33)30-24-14-22(18-5-7-21(8-6-18)31-9-11-34-12-10-31)23(17-29-24)19-13-20(16-27-15-19)25(32)35-4-2/h5-8,13-17H,3-4,9-12H2,1-2H3,(H2,28,29,30,33). The lowest BCUT2D eigenvalue weighted by molar-refractivity contribution is 0.0526. The summed E-state index contributed by atoms with van der Waals surface area (Å²) in [5, 5.41) is 5.48. The maximum Gasteiger partial charge on any atom is 0.339 e. The zero-order chi connectivity index (χ0) is 24.6. The maximum absolute atomic E-state index is 12.3. The molecule has 4 rings (SSSR count). The molecule has 1 saturated heterocycles. The Labute approximate surface area is 204 Å². The molecule has 1 aliphatic heterocycles. The second-order valence-electron chi connectivity index (χ2n) is 7.93. The van der Waals surface area contributed by atoms with E-state index in [0.29, 0.717) is 17.9 Å². The van der Waals surface area contributed by atoms with Gasteiger partial charge in [0.2, 0.25) is 0 Å². The molecule has 9 nitrogen and oxygen atoms in total. The van der Waals surface area contributed by atoms with Crippen LogP contribution in [0.15, 0.2) is 55.0 Å². The van der Waals surface area contributed by atoms with Crippen molar-refractivity contribution in [3.8, 4) is 22.3 Å². The minimum absolute atomic E-state index is 0.283. The van der Waals surface area contributed by atoms with Gasteiger partial charge in [0.1, 0.15) is 5.82 Å². The Morgan fingerprint density at radius 2 is 1.77 bits per heavy atom. The second kappa shape index (κ2) is 11.4. The van der Waals surface area contributed by atoms with E-state index in [2.05, 4.69) is 37.6 Å². The topological polar surface area (TPSA) is 106 Å². The number of nitrogens with one attached hydrogen (secondary N) is 2. The zero-order valence-corrected chi connectivity index (χ0v) is 19.9. The lowest BCUT2D eigenvalue weighted by Crippen LogP contribution is -2.36. The van der Waals surface area contributed by atoms with Crippen LogP contribution in [0.5, 0.6) is 0 Å². The van der Waals surface area contributed by atoms with Crippen LogP contribution < -0.4 is 15.5 Å². The van der Waals surface area contributed by atoms with Gasteiger partial charge in [0.05, 0.1) is 25.4 Å². The van der Waals surface area contributed by atoms with Gasteiger partial charge in [-0.2, -0.15) is 0 Å². The molecule has 0 spiro atoms. The van der Waals surface area contributed by atoms with Crippen LogP contribution in [0, 0.1) is 0 Å². The molecule has 2 amide bonds. The molecule has 0 atom stereocenters. The molecule has 0 aliphatic carbocycles. The number of aromatic nitrogens is 2. The predicted octanol–water partition coefficient (Wildman–Crippen LogP) is 3.97. The molecule has 0 radical (unpaired) electrons. The van der Waals surface area contributed by atoms with Crippen LogP contribution in [-0.2, 0) is 9.47 Å². The molecule has 0 unspecified atom stereocenters. The SMILES string of the molecule is CCNC(=O)Nc1cc(-c2ccc(N3CCOCC3)cc2)c(-c2cncc(C(=O)OCC)c2)cn1. The predicted molar refractivity (Wildman–Crippen MR) is 135 cm³/mol. The Kier molecular flexibility index (Phi) is 7.89. The number of anilines is 2. The van der Waals surface area contributed by atoms with Crippen LogP contribution in [0.2, 0.25) is 0 Å². The average Bonchev–Trinajstić information content (AvgIpc) is 2.89. The van der Waals surface area contributed by atoms with Crippen molar-refractivity contribution in [2.75, 3.05) is 49.7 Å². The van der Waals surface area contributed by atoms with E-state index >= 15 is 0 Å². The number of hydrogen-bond acceptors (Lipinski definition) is 7. The molecule has 3 aromatic rings. The highest BCUT2D eigenvalue weighted by Gasteiger charge is 2.16. The van der Waals surface area contributed by atoms with E-state index in [1.807, 2.05) is 25.1 Å². The van der Waals surface area contributed by atoms with Crippen molar-refractivity contribution in [1.29, 1.82) is 0 Å². The van der Waals surface area contributed by atoms with E-state index in [1.165, 1.54) is 6.20 Å². The van der Waals surface area contributed by atoms with Gasteiger partial charge in [-0.1, -0.05) is 12.1 Å². The Balaban J connectivity index is 1.72. The summed E-state index contributed by atoms with van der Waals surface area (Å²) in [6, 6.07) is 11.5. The summed E-state index contributed by atoms with van der Waals surface area (Å²) < 4.78 is 10.6. The first-order valence-electron chi connectivity index (χ1n) is 11.7. The highest BCUT2D eigenvalue weighted by atomic mass is 16.5. The Hall–Kier alpha value is -3.98. The number of amides is 2. The lowest BCUT2D eigenvalue weighted by atomic mass is 9.96. The summed E-state index contributed by atoms with van der Waals surface area (Å²) in [6.07, 6.45) is 4.84. The number of pyridine rings is 2. The fourth-order valence-corrected chi connectivity index (χ4v) is 3.90. The minimum Gasteiger partial charge on any atom is -0.462 e. The van der Waals surface area contributed by atoms with Gasteiger partial charge in [0, 0.05) is 55.0 Å². The van der Waals surface area contributed by atoms with Crippen LogP contribution in [0.3, 0.4) is 0 Å². The normalized spacial score (nSPS) is 13.3. The molecule has 182 valence electrons. The first-order valence-corrected chi connectivity index (χ1v) is 11.7. The highest BCUT2D eigenvalue weighted by Crippen LogP contribution is 2.34. The minimum atomic E-state index is -0.430. The molecular weight excluding hydrogens is 446 g/mol. The Bertz CT molecular complexity index is 1180. The van der Waals surface area contributed by atoms with Crippen LogP contribution in [0.4, 0.5) is 16.3 Å². The number of rotatable bonds is 7. The van der Waals surface area contributed by atoms with Crippen LogP contribution in [-0.4, -0.2) is 61.4 Å². The third-order valence-electron chi connectivity index (χ3n) is 5.60. The van der Waals surface area contributed by atoms with Crippen molar-refractivity contribution in [3.05, 3.63) is 60.6 Å². The molecule has 3 heterocycles. The fourth-order valence-electron chi connectivity index (χ4n) is 3.90. The quantitative estimate of drug-likeness (QED) is 0.498. The van der Waals surface area contributed by atoms with E-state index in [9.17, 15) is 9.59 Å². The number of urea groups is 1. The van der Waals surface area contributed by atoms with Crippen molar-refractivity contribution in [2.24, 2.45) is 0 Å². The van der Waals surface area contributed by atoms with E-state index in [1.54, 1.807) is 25.4 Å². The lowest BCUT2D eigenvalue weighted by Gasteiger charge is -2.29. The highest BCUT2D eigenvalue weighted by molar-refractivity contribution is 5.93. The maximum atomic E-state index is 12.3. The van der Waals surface area contributed by atoms with E-state index in [0.717, 1.165) is 54.2 Å². The van der Waals surface area contributed by atoms with Crippen LogP contribution >= 0.6 is 0 Å². The summed E-state index contributed by atoms with van der Waals surface area (Å²) in [5.74, 6) is -0.0118. The third kappa shape index (κ3) is 5.93. The molecule has 1 aromatic carbocycles. The van der Waals surface area contributed by atoms with Crippen molar-refractivity contribution < 1.29 is 19.1 Å². The monoisotopic (exact) mass is 475 g/mol. The van der Waals surface area contributed by atoms with Crippen molar-refractivity contribution in [2.45, 2.75) is 13.8 Å². The van der Waals surface area contributed by atoms with Crippen molar-refractivity contribution >= 4 is 23.5 Å². The first-order chi connectivity index (χ1) is 17.1. The summed E-state index contributed by atoms with van der Waals surface area (Å²) in [4.78, 5) is 35.3. The van der Waals surface area contributed by atoms with Crippen LogP contribution in [0.1, 0.15) is 24.2 Å². The van der Waals surface area contributed by atoms with Gasteiger partial charge in [0.15, 0.2) is 0 Å². The van der Waals surface area contributed by atoms with Gasteiger partial charge in [0.25, 0.3) is 0 Å². The zero-order valence-electron chi connectivity index (χ0n) is 19.9. The van der Waals surface area contributed by atoms with Gasteiger partial charge < -0.3 is 19.7 Å². The summed E-state index contributed by atoms with van der Waals surface area (Å²) in [7, 11) is 0. The van der Waals surface area contributed by atoms with E-state index in [-0.39, 0.29) is 12.6 Å². The smallest absolute Gasteiger partial charge is 0.339 e. The first kappa shape index (κ1) is 24.2. The third-order valence-corrected chi connectivity index (χ3v) is 5.60. The summed E-state index contributed by atoms with van der Waals surface area (Å²) in [6.45, 7) is 7.54. The van der Waals surface area contributed by atoms with Gasteiger partial charge in [-0.25, -0.2) is 14.6 Å². The number of benzene rings is 1. The van der Waals surface area contributed by atoms with Gasteiger partial charge >= 0.3 is 12.0 Å². The number of carbonyl (C=O) groups is 2. The summed E-state index contributed by atoms with van der Waals surface area (Å²) >= 11 is 0. The van der Waals surface area contributed by atoms with Gasteiger partial charge in [-0.15, -0.1) is 0 Å². The summed E-state index contributed by atoms with van der Waals surface area (Å²) in [5.41, 5.74) is 4.79. The second-order valence-corrected chi connectivity index (χ2v) is 7.93. The molecule has 9 heteroatoms. The van der Waals surface area contributed by atoms with E-state index in [4.69, 9.17) is 9.47 Å². The average molecular weight is 476 g/mol. The van der Waals surface area contributed by atoms with E-state index < -0.39 is 5.97 Å². The number of esters is 1. The van der Waals surface area contributed by atoms with Gasteiger partial charge in [-0.05, 0) is 49.2 Å². The van der Waals surface area contributed by atoms with Crippen molar-refractivity contribution in [3.63, 3.8) is 0 Å². The van der Waals surface area contributed by atoms with Crippen molar-refractivity contribution in [1.82, 2.24) is 15.3 Å². The number of carbonyl (C=O) groups excluding carboxylic acids is 2. The number of hydrogen-bond donors (Lipinski definition) is 2. The van der Waals surface area contributed by atoms with Gasteiger partial charge in [-0.3, -0.25) is 10.3 Å². The Morgan fingerprint density at radius 3 is 2.49 bits per heavy atom. The molecule has 2 N–H and O–H groups in total. The molecule has 2 aromatic heterocycles. The molecular formula is C26H29N5O4. The molecule has 1 fully saturated rings. The Morgan fingerprint density at radius 1 is 1.00 bits per heavy atom. The number of nitrogens with zero attached hydrogens (tertiary/aromatic N) is 3. The molecule has 1 aliphatic rings.